The van der Waals surface area contributed by atoms with Crippen LogP contribution in [0.1, 0.15) is 40.0 Å². The minimum atomic E-state index is -0.561. The Kier molecular flexibility index (Phi) is 2.18. The number of hydrogen-bond acceptors (Lipinski definition) is 2. The average molecular weight is 236 g/mol. The van der Waals surface area contributed by atoms with Crippen LogP contribution in [0.25, 0.3) is 0 Å². The molecule has 96 valence electrons. The minimum absolute atomic E-state index is 0.192. The van der Waals surface area contributed by atoms with Gasteiger partial charge in [0.25, 0.3) is 0 Å². The molecule has 17 heavy (non-hydrogen) atoms. The van der Waals surface area contributed by atoms with Crippen molar-refractivity contribution in [2.75, 3.05) is 0 Å². The lowest BCUT2D eigenvalue weighted by molar-refractivity contribution is -0.00204. The third kappa shape index (κ3) is 1.40. The first kappa shape index (κ1) is 11.7. The molecule has 0 aliphatic heterocycles. The Morgan fingerprint density at radius 2 is 1.82 bits per heavy atom. The molecule has 3 rings (SSSR count). The lowest BCUT2D eigenvalue weighted by atomic mass is 9.77. The van der Waals surface area contributed by atoms with E-state index >= 15 is 0 Å². The van der Waals surface area contributed by atoms with Crippen molar-refractivity contribution in [3.63, 3.8) is 0 Å². The predicted molar refractivity (Wildman–Crippen MR) is 67.4 cm³/mol. The molecule has 3 fully saturated rings. The van der Waals surface area contributed by atoms with E-state index in [1.807, 2.05) is 6.92 Å². The standard InChI is InChI=1S/C15H24O2/c1-8-7-10(16)12-13(14(12,2)3)11-9(8)5-6-15(11,4)17/h9-13,16-17H,1,5-7H2,2-4H3. The van der Waals surface area contributed by atoms with Gasteiger partial charge in [-0.3, -0.25) is 0 Å². The second-order valence-electron chi connectivity index (χ2n) is 7.33. The van der Waals surface area contributed by atoms with Crippen molar-refractivity contribution in [3.05, 3.63) is 12.2 Å². The molecular weight excluding hydrogens is 212 g/mol. The van der Waals surface area contributed by atoms with Crippen LogP contribution in [0, 0.1) is 29.1 Å². The van der Waals surface area contributed by atoms with E-state index in [4.69, 9.17) is 0 Å². The van der Waals surface area contributed by atoms with Gasteiger partial charge in [0.15, 0.2) is 0 Å². The van der Waals surface area contributed by atoms with E-state index in [0.29, 0.717) is 23.7 Å². The SMILES string of the molecule is C=C1CC(O)C2C(C3C1CCC3(C)O)C2(C)C. The zero-order valence-corrected chi connectivity index (χ0v) is 11.1. The van der Waals surface area contributed by atoms with Crippen molar-refractivity contribution in [1.29, 1.82) is 0 Å². The Morgan fingerprint density at radius 3 is 2.47 bits per heavy atom. The molecule has 3 aliphatic carbocycles. The van der Waals surface area contributed by atoms with Crippen molar-refractivity contribution in [3.8, 4) is 0 Å². The van der Waals surface area contributed by atoms with E-state index < -0.39 is 5.60 Å². The van der Waals surface area contributed by atoms with Crippen molar-refractivity contribution >= 4 is 0 Å². The van der Waals surface area contributed by atoms with Gasteiger partial charge in [-0.15, -0.1) is 0 Å². The smallest absolute Gasteiger partial charge is 0.0656 e. The fourth-order valence-electron chi connectivity index (χ4n) is 5.01. The molecule has 2 nitrogen and oxygen atoms in total. The fraction of sp³-hybridized carbons (Fsp3) is 0.867. The quantitative estimate of drug-likeness (QED) is 0.634. The molecule has 3 aliphatic rings. The van der Waals surface area contributed by atoms with Gasteiger partial charge in [0, 0.05) is 0 Å². The van der Waals surface area contributed by atoms with Crippen LogP contribution < -0.4 is 0 Å². The van der Waals surface area contributed by atoms with Gasteiger partial charge in [0.1, 0.15) is 0 Å². The zero-order chi connectivity index (χ0) is 12.6. The summed E-state index contributed by atoms with van der Waals surface area (Å²) in [6.07, 6.45) is 2.42. The Hall–Kier alpha value is -0.340. The number of rotatable bonds is 0. The highest BCUT2D eigenvalue weighted by Crippen LogP contribution is 2.71. The van der Waals surface area contributed by atoms with Crippen molar-refractivity contribution in [1.82, 2.24) is 0 Å². The van der Waals surface area contributed by atoms with Crippen LogP contribution in [-0.2, 0) is 0 Å². The van der Waals surface area contributed by atoms with Crippen LogP contribution in [0.2, 0.25) is 0 Å². The van der Waals surface area contributed by atoms with Crippen molar-refractivity contribution < 1.29 is 10.2 Å². The zero-order valence-electron chi connectivity index (χ0n) is 11.1. The summed E-state index contributed by atoms with van der Waals surface area (Å²) in [5.74, 6) is 1.57. The van der Waals surface area contributed by atoms with Gasteiger partial charge >= 0.3 is 0 Å². The number of aliphatic hydroxyl groups excluding tert-OH is 1. The molecule has 2 N–H and O–H groups in total. The van der Waals surface area contributed by atoms with E-state index in [-0.39, 0.29) is 11.5 Å². The normalized spacial score (nSPS) is 56.1. The highest BCUT2D eigenvalue weighted by atomic mass is 16.3. The molecule has 2 heteroatoms. The van der Waals surface area contributed by atoms with Gasteiger partial charge in [0.2, 0.25) is 0 Å². The average Bonchev–Trinajstić information content (AvgIpc) is 2.63. The van der Waals surface area contributed by atoms with E-state index in [0.717, 1.165) is 19.3 Å². The largest absolute Gasteiger partial charge is 0.392 e. The van der Waals surface area contributed by atoms with Crippen LogP contribution >= 0.6 is 0 Å². The van der Waals surface area contributed by atoms with Crippen molar-refractivity contribution in [2.24, 2.45) is 29.1 Å². The summed E-state index contributed by atoms with van der Waals surface area (Å²) < 4.78 is 0. The van der Waals surface area contributed by atoms with Gasteiger partial charge in [-0.2, -0.15) is 0 Å². The van der Waals surface area contributed by atoms with E-state index in [2.05, 4.69) is 20.4 Å². The summed E-state index contributed by atoms with van der Waals surface area (Å²) in [6.45, 7) is 10.6. The van der Waals surface area contributed by atoms with Gasteiger partial charge in [-0.25, -0.2) is 0 Å². The minimum Gasteiger partial charge on any atom is -0.392 e. The molecule has 0 aromatic carbocycles. The Labute approximate surface area is 104 Å². The molecule has 3 saturated carbocycles. The summed E-state index contributed by atoms with van der Waals surface area (Å²) in [6, 6.07) is 0. The van der Waals surface area contributed by atoms with Crippen LogP contribution in [0.15, 0.2) is 12.2 Å². The molecule has 0 aromatic rings. The maximum absolute atomic E-state index is 10.6. The molecule has 0 bridgehead atoms. The van der Waals surface area contributed by atoms with Gasteiger partial charge in [-0.1, -0.05) is 26.0 Å². The maximum atomic E-state index is 10.6. The third-order valence-electron chi connectivity index (χ3n) is 5.91. The first-order valence-electron chi connectivity index (χ1n) is 6.85. The number of fused-ring (bicyclic) bond motifs is 3. The summed E-state index contributed by atoms with van der Waals surface area (Å²) >= 11 is 0. The second-order valence-corrected chi connectivity index (χ2v) is 7.33. The maximum Gasteiger partial charge on any atom is 0.0656 e. The van der Waals surface area contributed by atoms with Crippen LogP contribution in [0.4, 0.5) is 0 Å². The Morgan fingerprint density at radius 1 is 1.18 bits per heavy atom. The molecule has 0 aromatic heterocycles. The molecule has 0 saturated heterocycles. The highest BCUT2D eigenvalue weighted by molar-refractivity contribution is 5.25. The molecule has 6 unspecified atom stereocenters. The summed E-state index contributed by atoms with van der Waals surface area (Å²) in [7, 11) is 0. The second kappa shape index (κ2) is 3.16. The van der Waals surface area contributed by atoms with E-state index in [9.17, 15) is 10.2 Å². The first-order chi connectivity index (χ1) is 7.77. The van der Waals surface area contributed by atoms with Crippen LogP contribution in [-0.4, -0.2) is 21.9 Å². The molecule has 6 atom stereocenters. The molecular formula is C15H24O2. The highest BCUT2D eigenvalue weighted by Gasteiger charge is 2.69. The summed E-state index contributed by atoms with van der Waals surface area (Å²) in [4.78, 5) is 0. The third-order valence-corrected chi connectivity index (χ3v) is 5.91. The van der Waals surface area contributed by atoms with Gasteiger partial charge < -0.3 is 10.2 Å². The van der Waals surface area contributed by atoms with Crippen molar-refractivity contribution in [2.45, 2.75) is 51.7 Å². The molecule has 0 spiro atoms. The number of aliphatic hydroxyl groups is 2. The fourth-order valence-corrected chi connectivity index (χ4v) is 5.01. The molecule has 0 amide bonds. The lowest BCUT2D eigenvalue weighted by Gasteiger charge is -2.31. The topological polar surface area (TPSA) is 40.5 Å². The van der Waals surface area contributed by atoms with E-state index in [1.54, 1.807) is 0 Å². The predicted octanol–water partition coefficient (Wildman–Crippen LogP) is 2.36. The van der Waals surface area contributed by atoms with Gasteiger partial charge in [0.05, 0.1) is 11.7 Å². The van der Waals surface area contributed by atoms with Crippen LogP contribution in [0.3, 0.4) is 0 Å². The lowest BCUT2D eigenvalue weighted by Crippen LogP contribution is -2.34. The van der Waals surface area contributed by atoms with E-state index in [1.165, 1.54) is 5.57 Å². The Balaban J connectivity index is 2.01. The summed E-state index contributed by atoms with van der Waals surface area (Å²) in [5, 5.41) is 20.9. The molecule has 0 heterocycles. The first-order valence-corrected chi connectivity index (χ1v) is 6.85. The van der Waals surface area contributed by atoms with Gasteiger partial charge in [-0.05, 0) is 55.3 Å². The monoisotopic (exact) mass is 236 g/mol. The number of hydrogen-bond donors (Lipinski definition) is 2. The van der Waals surface area contributed by atoms with Crippen LogP contribution in [0.5, 0.6) is 0 Å². The summed E-state index contributed by atoms with van der Waals surface area (Å²) in [5.41, 5.74) is 0.800. The molecule has 0 radical (unpaired) electrons. The Bertz CT molecular complexity index is 369.